The standard InChI is InChI=1S/C12H22O6/c1-5-10(12(14)16-3)6-9(8-18-17-4)7-11(13)15-2/h9-10H,5-8H2,1-4H3/t9-,10?/m1/s1. The van der Waals surface area contributed by atoms with Crippen LogP contribution in [0.1, 0.15) is 26.2 Å². The number of ether oxygens (including phenoxy) is 2. The molecule has 0 bridgehead atoms. The quantitative estimate of drug-likeness (QED) is 0.355. The molecule has 0 aliphatic heterocycles. The van der Waals surface area contributed by atoms with Crippen molar-refractivity contribution in [1.29, 1.82) is 0 Å². The second-order valence-electron chi connectivity index (χ2n) is 3.96. The summed E-state index contributed by atoms with van der Waals surface area (Å²) in [6, 6.07) is 0. The molecule has 0 amide bonds. The van der Waals surface area contributed by atoms with Crippen LogP contribution in [0.2, 0.25) is 0 Å². The summed E-state index contributed by atoms with van der Waals surface area (Å²) < 4.78 is 9.32. The van der Waals surface area contributed by atoms with Crippen LogP contribution >= 0.6 is 0 Å². The summed E-state index contributed by atoms with van der Waals surface area (Å²) in [5.74, 6) is -0.990. The number of carbonyl (C=O) groups is 2. The first-order valence-electron chi connectivity index (χ1n) is 5.89. The first-order valence-corrected chi connectivity index (χ1v) is 5.89. The minimum atomic E-state index is -0.334. The fraction of sp³-hybridized carbons (Fsp3) is 0.833. The molecular formula is C12H22O6. The first-order chi connectivity index (χ1) is 8.58. The zero-order chi connectivity index (χ0) is 14.0. The molecule has 6 heteroatoms. The van der Waals surface area contributed by atoms with Gasteiger partial charge in [-0.2, -0.15) is 0 Å². The Hall–Kier alpha value is -1.14. The fourth-order valence-electron chi connectivity index (χ4n) is 1.69. The molecule has 0 N–H and O–H groups in total. The molecule has 0 heterocycles. The number of hydrogen-bond acceptors (Lipinski definition) is 6. The maximum atomic E-state index is 11.5. The summed E-state index contributed by atoms with van der Waals surface area (Å²) in [7, 11) is 4.08. The van der Waals surface area contributed by atoms with Gasteiger partial charge in [0.1, 0.15) is 0 Å². The molecule has 0 aliphatic rings. The van der Waals surface area contributed by atoms with E-state index in [0.717, 1.165) is 0 Å². The highest BCUT2D eigenvalue weighted by molar-refractivity contribution is 5.72. The minimum absolute atomic E-state index is 0.138. The number of esters is 2. The van der Waals surface area contributed by atoms with E-state index in [4.69, 9.17) is 9.62 Å². The molecule has 6 nitrogen and oxygen atoms in total. The molecular weight excluding hydrogens is 240 g/mol. The molecule has 106 valence electrons. The van der Waals surface area contributed by atoms with Crippen molar-refractivity contribution in [2.75, 3.05) is 27.9 Å². The number of methoxy groups -OCH3 is 2. The van der Waals surface area contributed by atoms with Crippen LogP contribution in [-0.2, 0) is 28.8 Å². The van der Waals surface area contributed by atoms with E-state index in [1.54, 1.807) is 0 Å². The molecule has 18 heavy (non-hydrogen) atoms. The maximum Gasteiger partial charge on any atom is 0.308 e. The fourth-order valence-corrected chi connectivity index (χ4v) is 1.69. The van der Waals surface area contributed by atoms with Crippen molar-refractivity contribution in [2.45, 2.75) is 26.2 Å². The van der Waals surface area contributed by atoms with Crippen LogP contribution in [0.15, 0.2) is 0 Å². The van der Waals surface area contributed by atoms with Crippen molar-refractivity contribution < 1.29 is 28.8 Å². The van der Waals surface area contributed by atoms with E-state index in [0.29, 0.717) is 12.8 Å². The van der Waals surface area contributed by atoms with Crippen LogP contribution in [0.3, 0.4) is 0 Å². The summed E-state index contributed by atoms with van der Waals surface area (Å²) in [5.41, 5.74) is 0. The van der Waals surface area contributed by atoms with E-state index in [1.165, 1.54) is 21.3 Å². The van der Waals surface area contributed by atoms with Crippen molar-refractivity contribution in [1.82, 2.24) is 0 Å². The number of rotatable bonds is 9. The van der Waals surface area contributed by atoms with E-state index in [1.807, 2.05) is 6.92 Å². The van der Waals surface area contributed by atoms with Gasteiger partial charge >= 0.3 is 11.9 Å². The van der Waals surface area contributed by atoms with Gasteiger partial charge in [0.05, 0.1) is 40.3 Å². The highest BCUT2D eigenvalue weighted by atomic mass is 17.2. The molecule has 0 spiro atoms. The van der Waals surface area contributed by atoms with Crippen molar-refractivity contribution >= 4 is 11.9 Å². The van der Waals surface area contributed by atoms with Gasteiger partial charge in [-0.1, -0.05) is 6.92 Å². The van der Waals surface area contributed by atoms with Crippen LogP contribution < -0.4 is 0 Å². The molecule has 0 fully saturated rings. The van der Waals surface area contributed by atoms with E-state index >= 15 is 0 Å². The third-order valence-electron chi connectivity index (χ3n) is 2.75. The van der Waals surface area contributed by atoms with Gasteiger partial charge in [-0.05, 0) is 18.8 Å². The highest BCUT2D eigenvalue weighted by Crippen LogP contribution is 2.21. The largest absolute Gasteiger partial charge is 0.469 e. The summed E-state index contributed by atoms with van der Waals surface area (Å²) in [5, 5.41) is 0. The van der Waals surface area contributed by atoms with E-state index in [9.17, 15) is 9.59 Å². The van der Waals surface area contributed by atoms with Crippen molar-refractivity contribution in [2.24, 2.45) is 11.8 Å². The van der Waals surface area contributed by atoms with Crippen LogP contribution in [0.25, 0.3) is 0 Å². The van der Waals surface area contributed by atoms with Crippen LogP contribution in [0.5, 0.6) is 0 Å². The second-order valence-corrected chi connectivity index (χ2v) is 3.96. The summed E-state index contributed by atoms with van der Waals surface area (Å²) >= 11 is 0. The molecule has 2 atom stereocenters. The normalized spacial score (nSPS) is 13.8. The molecule has 0 aromatic rings. The van der Waals surface area contributed by atoms with Gasteiger partial charge in [-0.3, -0.25) is 9.59 Å². The molecule has 0 saturated carbocycles. The average Bonchev–Trinajstić information content (AvgIpc) is 2.40. The Labute approximate surface area is 107 Å². The third-order valence-corrected chi connectivity index (χ3v) is 2.75. The molecule has 0 aliphatic carbocycles. The topological polar surface area (TPSA) is 71.1 Å². The molecule has 0 saturated heterocycles. The molecule has 0 aromatic carbocycles. The number of hydrogen-bond donors (Lipinski definition) is 0. The first kappa shape index (κ1) is 16.9. The Morgan fingerprint density at radius 3 is 2.22 bits per heavy atom. The molecule has 0 radical (unpaired) electrons. The Kier molecular flexibility index (Phi) is 9.22. The zero-order valence-corrected chi connectivity index (χ0v) is 11.4. The van der Waals surface area contributed by atoms with E-state index in [-0.39, 0.29) is 36.8 Å². The Balaban J connectivity index is 4.43. The lowest BCUT2D eigenvalue weighted by Gasteiger charge is -2.19. The minimum Gasteiger partial charge on any atom is -0.469 e. The van der Waals surface area contributed by atoms with Crippen molar-refractivity contribution in [3.63, 3.8) is 0 Å². The van der Waals surface area contributed by atoms with Crippen LogP contribution in [0, 0.1) is 11.8 Å². The SMILES string of the molecule is CCC(C[C@@H](COOC)CC(=O)OC)C(=O)OC. The predicted molar refractivity (Wildman–Crippen MR) is 63.5 cm³/mol. The van der Waals surface area contributed by atoms with Crippen LogP contribution in [-0.4, -0.2) is 39.9 Å². The Bertz CT molecular complexity index is 253. The summed E-state index contributed by atoms with van der Waals surface area (Å²) in [6.45, 7) is 2.13. The van der Waals surface area contributed by atoms with Gasteiger partial charge in [0.15, 0.2) is 0 Å². The number of carbonyl (C=O) groups excluding carboxylic acids is 2. The molecule has 0 rings (SSSR count). The smallest absolute Gasteiger partial charge is 0.308 e. The van der Waals surface area contributed by atoms with E-state index < -0.39 is 0 Å². The molecule has 1 unspecified atom stereocenters. The Morgan fingerprint density at radius 1 is 1.11 bits per heavy atom. The van der Waals surface area contributed by atoms with Gasteiger partial charge in [0.2, 0.25) is 0 Å². The highest BCUT2D eigenvalue weighted by Gasteiger charge is 2.24. The second kappa shape index (κ2) is 9.85. The lowest BCUT2D eigenvalue weighted by atomic mass is 9.91. The van der Waals surface area contributed by atoms with Gasteiger partial charge in [-0.25, -0.2) is 9.78 Å². The van der Waals surface area contributed by atoms with E-state index in [2.05, 4.69) is 9.62 Å². The Morgan fingerprint density at radius 2 is 1.78 bits per heavy atom. The van der Waals surface area contributed by atoms with Crippen LogP contribution in [0.4, 0.5) is 0 Å². The van der Waals surface area contributed by atoms with Gasteiger partial charge < -0.3 is 9.47 Å². The third kappa shape index (κ3) is 6.56. The zero-order valence-electron chi connectivity index (χ0n) is 11.4. The lowest BCUT2D eigenvalue weighted by Crippen LogP contribution is -2.23. The van der Waals surface area contributed by atoms with Crippen molar-refractivity contribution in [3.8, 4) is 0 Å². The van der Waals surface area contributed by atoms with Crippen molar-refractivity contribution in [3.05, 3.63) is 0 Å². The summed E-state index contributed by atoms with van der Waals surface area (Å²) in [6.07, 6.45) is 1.34. The van der Waals surface area contributed by atoms with Gasteiger partial charge in [0, 0.05) is 0 Å². The predicted octanol–water partition coefficient (Wildman–Crippen LogP) is 1.33. The molecule has 0 aromatic heterocycles. The van der Waals surface area contributed by atoms with Gasteiger partial charge in [-0.15, -0.1) is 0 Å². The lowest BCUT2D eigenvalue weighted by molar-refractivity contribution is -0.280. The average molecular weight is 262 g/mol. The van der Waals surface area contributed by atoms with Gasteiger partial charge in [0.25, 0.3) is 0 Å². The maximum absolute atomic E-state index is 11.5. The summed E-state index contributed by atoms with van der Waals surface area (Å²) in [4.78, 5) is 32.1. The monoisotopic (exact) mass is 262 g/mol.